The second kappa shape index (κ2) is 6.74. The van der Waals surface area contributed by atoms with E-state index in [2.05, 4.69) is 31.9 Å². The SMILES string of the molecule is CCOc1ccc(C(=O)c2cc(Cl)cc(Br)c2)c(Br)c1. The van der Waals surface area contributed by atoms with E-state index in [-0.39, 0.29) is 5.78 Å². The topological polar surface area (TPSA) is 26.3 Å². The lowest BCUT2D eigenvalue weighted by atomic mass is 10.0. The van der Waals surface area contributed by atoms with E-state index in [9.17, 15) is 4.79 Å². The molecule has 0 aliphatic carbocycles. The van der Waals surface area contributed by atoms with Crippen LogP contribution in [0.3, 0.4) is 0 Å². The van der Waals surface area contributed by atoms with Gasteiger partial charge in [0.15, 0.2) is 5.78 Å². The van der Waals surface area contributed by atoms with Gasteiger partial charge in [0.1, 0.15) is 5.75 Å². The van der Waals surface area contributed by atoms with Crippen LogP contribution >= 0.6 is 43.5 Å². The molecule has 0 fully saturated rings. The summed E-state index contributed by atoms with van der Waals surface area (Å²) in [5.41, 5.74) is 1.11. The number of carbonyl (C=O) groups excluding carboxylic acids is 1. The summed E-state index contributed by atoms with van der Waals surface area (Å²) in [6, 6.07) is 10.4. The second-order valence-electron chi connectivity index (χ2n) is 4.06. The van der Waals surface area contributed by atoms with Crippen LogP contribution in [0.15, 0.2) is 45.3 Å². The Bertz CT molecular complexity index is 636. The number of carbonyl (C=O) groups is 1. The molecule has 0 saturated heterocycles. The van der Waals surface area contributed by atoms with E-state index in [0.717, 1.165) is 10.2 Å². The Morgan fingerprint density at radius 2 is 1.95 bits per heavy atom. The average Bonchev–Trinajstić information content (AvgIpc) is 2.37. The zero-order chi connectivity index (χ0) is 14.7. The second-order valence-corrected chi connectivity index (χ2v) is 6.27. The summed E-state index contributed by atoms with van der Waals surface area (Å²) < 4.78 is 6.87. The molecule has 2 nitrogen and oxygen atoms in total. The molecule has 0 saturated carbocycles. The molecule has 0 aromatic heterocycles. The molecule has 0 spiro atoms. The third kappa shape index (κ3) is 3.62. The summed E-state index contributed by atoms with van der Waals surface area (Å²) in [6.07, 6.45) is 0. The predicted octanol–water partition coefficient (Wildman–Crippen LogP) is 5.49. The van der Waals surface area contributed by atoms with Gasteiger partial charge in [0, 0.05) is 25.1 Å². The van der Waals surface area contributed by atoms with E-state index in [1.54, 1.807) is 36.4 Å². The summed E-state index contributed by atoms with van der Waals surface area (Å²) in [5.74, 6) is 0.631. The van der Waals surface area contributed by atoms with Crippen LogP contribution in [0.2, 0.25) is 5.02 Å². The monoisotopic (exact) mass is 416 g/mol. The van der Waals surface area contributed by atoms with E-state index in [0.29, 0.717) is 27.2 Å². The number of halogens is 3. The Morgan fingerprint density at radius 3 is 2.55 bits per heavy atom. The highest BCUT2D eigenvalue weighted by atomic mass is 79.9. The minimum Gasteiger partial charge on any atom is -0.494 e. The fourth-order valence-electron chi connectivity index (χ4n) is 1.78. The van der Waals surface area contributed by atoms with E-state index >= 15 is 0 Å². The van der Waals surface area contributed by atoms with E-state index in [1.807, 2.05) is 6.92 Å². The first-order chi connectivity index (χ1) is 9.51. The van der Waals surface area contributed by atoms with Crippen molar-refractivity contribution >= 4 is 49.2 Å². The summed E-state index contributed by atoms with van der Waals surface area (Å²) >= 11 is 12.7. The number of ether oxygens (including phenoxy) is 1. The summed E-state index contributed by atoms with van der Waals surface area (Å²) in [7, 11) is 0. The van der Waals surface area contributed by atoms with Crippen LogP contribution in [0, 0.1) is 0 Å². The highest BCUT2D eigenvalue weighted by Gasteiger charge is 2.14. The summed E-state index contributed by atoms with van der Waals surface area (Å²) in [5, 5.41) is 0.518. The fourth-order valence-corrected chi connectivity index (χ4v) is 3.17. The largest absolute Gasteiger partial charge is 0.494 e. The highest BCUT2D eigenvalue weighted by Crippen LogP contribution is 2.27. The molecule has 0 radical (unpaired) electrons. The lowest BCUT2D eigenvalue weighted by Gasteiger charge is -2.08. The third-order valence-corrected chi connectivity index (χ3v) is 3.95. The van der Waals surface area contributed by atoms with Crippen molar-refractivity contribution in [1.29, 1.82) is 0 Å². The number of benzene rings is 2. The molecule has 2 aromatic rings. The van der Waals surface area contributed by atoms with Crippen LogP contribution in [0.5, 0.6) is 5.75 Å². The van der Waals surface area contributed by atoms with Crippen molar-refractivity contribution in [1.82, 2.24) is 0 Å². The molecule has 0 unspecified atom stereocenters. The molecule has 0 atom stereocenters. The zero-order valence-corrected chi connectivity index (χ0v) is 14.5. The fraction of sp³-hybridized carbons (Fsp3) is 0.133. The van der Waals surface area contributed by atoms with Crippen molar-refractivity contribution in [3.63, 3.8) is 0 Å². The quantitative estimate of drug-likeness (QED) is 0.614. The molecule has 5 heteroatoms. The van der Waals surface area contributed by atoms with Crippen molar-refractivity contribution in [3.8, 4) is 5.75 Å². The maximum Gasteiger partial charge on any atom is 0.194 e. The third-order valence-electron chi connectivity index (χ3n) is 2.62. The van der Waals surface area contributed by atoms with Crippen molar-refractivity contribution in [3.05, 3.63) is 61.5 Å². The van der Waals surface area contributed by atoms with Gasteiger partial charge < -0.3 is 4.74 Å². The van der Waals surface area contributed by atoms with Gasteiger partial charge in [-0.2, -0.15) is 0 Å². The first-order valence-corrected chi connectivity index (χ1v) is 7.91. The zero-order valence-electron chi connectivity index (χ0n) is 10.6. The minimum atomic E-state index is -0.0943. The van der Waals surface area contributed by atoms with Gasteiger partial charge in [0.05, 0.1) is 6.61 Å². The number of ketones is 1. The van der Waals surface area contributed by atoms with Crippen LogP contribution in [0.1, 0.15) is 22.8 Å². The first kappa shape index (κ1) is 15.5. The molecular formula is C15H11Br2ClO2. The lowest BCUT2D eigenvalue weighted by Crippen LogP contribution is -2.03. The normalized spacial score (nSPS) is 10.4. The molecule has 0 aliphatic rings. The van der Waals surface area contributed by atoms with Gasteiger partial charge in [-0.1, -0.05) is 27.5 Å². The van der Waals surface area contributed by atoms with Crippen LogP contribution in [0.25, 0.3) is 0 Å². The van der Waals surface area contributed by atoms with Gasteiger partial charge in [0.2, 0.25) is 0 Å². The molecule has 20 heavy (non-hydrogen) atoms. The smallest absolute Gasteiger partial charge is 0.194 e. The standard InChI is InChI=1S/C15H11Br2ClO2/c1-2-20-12-3-4-13(14(17)8-12)15(19)9-5-10(16)7-11(18)6-9/h3-8H,2H2,1H3. The van der Waals surface area contributed by atoms with Gasteiger partial charge >= 0.3 is 0 Å². The lowest BCUT2D eigenvalue weighted by molar-refractivity contribution is 0.103. The Hall–Kier alpha value is -0.840. The average molecular weight is 419 g/mol. The molecule has 0 aliphatic heterocycles. The van der Waals surface area contributed by atoms with Crippen LogP contribution in [0.4, 0.5) is 0 Å². The van der Waals surface area contributed by atoms with Crippen LogP contribution in [-0.2, 0) is 0 Å². The van der Waals surface area contributed by atoms with Gasteiger partial charge in [-0.05, 0) is 59.3 Å². The maximum atomic E-state index is 12.5. The number of hydrogen-bond donors (Lipinski definition) is 0. The Kier molecular flexibility index (Phi) is 5.24. The van der Waals surface area contributed by atoms with Gasteiger partial charge in [-0.15, -0.1) is 0 Å². The first-order valence-electron chi connectivity index (χ1n) is 5.94. The van der Waals surface area contributed by atoms with E-state index < -0.39 is 0 Å². The van der Waals surface area contributed by atoms with Crippen molar-refractivity contribution in [2.75, 3.05) is 6.61 Å². The van der Waals surface area contributed by atoms with E-state index in [1.165, 1.54) is 0 Å². The van der Waals surface area contributed by atoms with Crippen LogP contribution < -0.4 is 4.74 Å². The summed E-state index contributed by atoms with van der Waals surface area (Å²) in [4.78, 5) is 12.5. The number of rotatable bonds is 4. The Labute approximate surface area is 139 Å². The van der Waals surface area contributed by atoms with Crippen molar-refractivity contribution in [2.24, 2.45) is 0 Å². The highest BCUT2D eigenvalue weighted by molar-refractivity contribution is 9.10. The minimum absolute atomic E-state index is 0.0943. The Morgan fingerprint density at radius 1 is 1.20 bits per heavy atom. The molecule has 0 amide bonds. The van der Waals surface area contributed by atoms with Gasteiger partial charge in [-0.3, -0.25) is 4.79 Å². The molecular weight excluding hydrogens is 407 g/mol. The molecule has 0 bridgehead atoms. The number of hydrogen-bond acceptors (Lipinski definition) is 2. The molecule has 2 rings (SSSR count). The molecule has 104 valence electrons. The molecule has 0 N–H and O–H groups in total. The van der Waals surface area contributed by atoms with Crippen molar-refractivity contribution < 1.29 is 9.53 Å². The predicted molar refractivity (Wildman–Crippen MR) is 87.9 cm³/mol. The maximum absolute atomic E-state index is 12.5. The molecule has 2 aromatic carbocycles. The van der Waals surface area contributed by atoms with Crippen molar-refractivity contribution in [2.45, 2.75) is 6.92 Å². The molecule has 0 heterocycles. The van der Waals surface area contributed by atoms with Gasteiger partial charge in [-0.25, -0.2) is 0 Å². The van der Waals surface area contributed by atoms with Crippen LogP contribution in [-0.4, -0.2) is 12.4 Å². The van der Waals surface area contributed by atoms with Gasteiger partial charge in [0.25, 0.3) is 0 Å². The Balaban J connectivity index is 2.38. The summed E-state index contributed by atoms with van der Waals surface area (Å²) in [6.45, 7) is 2.50. The van der Waals surface area contributed by atoms with E-state index in [4.69, 9.17) is 16.3 Å².